The van der Waals surface area contributed by atoms with E-state index in [1.807, 2.05) is 6.08 Å². The van der Waals surface area contributed by atoms with Gasteiger partial charge in [0, 0.05) is 5.41 Å². The highest BCUT2D eigenvalue weighted by molar-refractivity contribution is 5.36. The molecule has 0 aliphatic heterocycles. The number of aryl methyl sites for hydroxylation is 1. The van der Waals surface area contributed by atoms with Crippen molar-refractivity contribution in [1.82, 2.24) is 0 Å². The summed E-state index contributed by atoms with van der Waals surface area (Å²) in [5.74, 6) is 0. The fourth-order valence-electron chi connectivity index (χ4n) is 2.04. The topological polar surface area (TPSA) is 0 Å². The third-order valence-electron chi connectivity index (χ3n) is 3.29. The Kier molecular flexibility index (Phi) is 4.12. The first-order valence-electron chi connectivity index (χ1n) is 5.86. The maximum atomic E-state index is 3.83. The first-order chi connectivity index (χ1) is 7.52. The lowest BCUT2D eigenvalue weighted by Gasteiger charge is -2.28. The van der Waals surface area contributed by atoms with Gasteiger partial charge in [-0.05, 0) is 25.8 Å². The third kappa shape index (κ3) is 2.63. The lowest BCUT2D eigenvalue weighted by Crippen LogP contribution is -2.20. The molecular weight excluding hydrogens is 192 g/mol. The van der Waals surface area contributed by atoms with E-state index in [0.717, 1.165) is 6.42 Å². The van der Waals surface area contributed by atoms with Crippen molar-refractivity contribution in [1.29, 1.82) is 0 Å². The Bertz CT molecular complexity index is 377. The molecule has 0 bridgehead atoms. The van der Waals surface area contributed by atoms with Crippen molar-refractivity contribution in [2.75, 3.05) is 0 Å². The van der Waals surface area contributed by atoms with Crippen molar-refractivity contribution in [2.45, 2.75) is 39.5 Å². The van der Waals surface area contributed by atoms with E-state index in [1.54, 1.807) is 0 Å². The second-order valence-electron chi connectivity index (χ2n) is 4.80. The number of hydrogen-bond acceptors (Lipinski definition) is 0. The number of benzene rings is 1. The zero-order valence-electron chi connectivity index (χ0n) is 10.9. The van der Waals surface area contributed by atoms with Gasteiger partial charge in [-0.3, -0.25) is 0 Å². The van der Waals surface area contributed by atoms with Crippen molar-refractivity contribution in [3.63, 3.8) is 0 Å². The molecule has 0 N–H and O–H groups in total. The summed E-state index contributed by atoms with van der Waals surface area (Å²) >= 11 is 0. The van der Waals surface area contributed by atoms with Gasteiger partial charge in [-0.25, -0.2) is 0 Å². The van der Waals surface area contributed by atoms with Crippen LogP contribution in [-0.4, -0.2) is 0 Å². The molecule has 0 saturated carbocycles. The van der Waals surface area contributed by atoms with Crippen LogP contribution in [0, 0.1) is 6.92 Å². The molecule has 0 radical (unpaired) electrons. The van der Waals surface area contributed by atoms with E-state index in [0.29, 0.717) is 0 Å². The van der Waals surface area contributed by atoms with E-state index in [2.05, 4.69) is 64.6 Å². The first-order valence-corrected chi connectivity index (χ1v) is 5.86. The number of allylic oxidation sites excluding steroid dienone is 3. The van der Waals surface area contributed by atoms with Crippen LogP contribution in [0.4, 0.5) is 0 Å². The molecule has 16 heavy (non-hydrogen) atoms. The van der Waals surface area contributed by atoms with Crippen molar-refractivity contribution in [3.05, 3.63) is 59.7 Å². The van der Waals surface area contributed by atoms with Crippen LogP contribution in [0.5, 0.6) is 0 Å². The average Bonchev–Trinajstić information content (AvgIpc) is 2.26. The van der Waals surface area contributed by atoms with Crippen LogP contribution in [0.1, 0.15) is 38.3 Å². The van der Waals surface area contributed by atoms with Crippen LogP contribution in [-0.2, 0) is 5.41 Å². The predicted octanol–water partition coefficient (Wildman–Crippen LogP) is 4.80. The summed E-state index contributed by atoms with van der Waals surface area (Å²) in [6.07, 6.45) is 5.14. The normalized spacial score (nSPS) is 12.6. The van der Waals surface area contributed by atoms with Crippen LogP contribution in [0.15, 0.2) is 48.6 Å². The molecule has 0 unspecified atom stereocenters. The Hall–Kier alpha value is -1.30. The van der Waals surface area contributed by atoms with E-state index < -0.39 is 0 Å². The van der Waals surface area contributed by atoms with Gasteiger partial charge in [0.1, 0.15) is 0 Å². The van der Waals surface area contributed by atoms with Crippen LogP contribution in [0.2, 0.25) is 0 Å². The minimum atomic E-state index is 0.0939. The maximum absolute atomic E-state index is 3.83. The zero-order chi connectivity index (χ0) is 12.2. The van der Waals surface area contributed by atoms with E-state index in [-0.39, 0.29) is 5.41 Å². The van der Waals surface area contributed by atoms with Gasteiger partial charge in [-0.2, -0.15) is 0 Å². The van der Waals surface area contributed by atoms with Gasteiger partial charge in [0.05, 0.1) is 0 Å². The molecule has 0 atom stereocenters. The molecule has 0 amide bonds. The molecule has 0 aromatic heterocycles. The molecule has 1 rings (SSSR count). The Morgan fingerprint density at radius 3 is 2.25 bits per heavy atom. The van der Waals surface area contributed by atoms with Crippen LogP contribution in [0.25, 0.3) is 0 Å². The largest absolute Gasteiger partial charge is 0.103 e. The second-order valence-corrected chi connectivity index (χ2v) is 4.80. The standard InChI is InChI=1S/C16H22/c1-6-8-14(7-2)16(4,5)15-11-9-13(3)10-12-15/h6-7,9-12H,1,8H2,2-5H3/b14-7+. The highest BCUT2D eigenvalue weighted by Gasteiger charge is 2.23. The Balaban J connectivity index is 3.08. The molecule has 0 saturated heterocycles. The lowest BCUT2D eigenvalue weighted by atomic mass is 9.76. The fraction of sp³-hybridized carbons (Fsp3) is 0.375. The number of rotatable bonds is 4. The van der Waals surface area contributed by atoms with E-state index in [4.69, 9.17) is 0 Å². The van der Waals surface area contributed by atoms with Crippen molar-refractivity contribution < 1.29 is 0 Å². The van der Waals surface area contributed by atoms with E-state index in [1.165, 1.54) is 16.7 Å². The molecule has 0 heterocycles. The molecule has 0 nitrogen and oxygen atoms in total. The highest BCUT2D eigenvalue weighted by Crippen LogP contribution is 2.33. The summed E-state index contributed by atoms with van der Waals surface area (Å²) in [6.45, 7) is 12.6. The molecule has 1 aromatic carbocycles. The SMILES string of the molecule is C=CC/C(=C\C)C(C)(C)c1ccc(C)cc1. The Morgan fingerprint density at radius 2 is 1.81 bits per heavy atom. The zero-order valence-corrected chi connectivity index (χ0v) is 10.9. The number of hydrogen-bond donors (Lipinski definition) is 0. The summed E-state index contributed by atoms with van der Waals surface area (Å²) < 4.78 is 0. The molecule has 0 heteroatoms. The second kappa shape index (κ2) is 5.16. The summed E-state index contributed by atoms with van der Waals surface area (Å²) in [5, 5.41) is 0. The van der Waals surface area contributed by atoms with Gasteiger partial charge >= 0.3 is 0 Å². The highest BCUT2D eigenvalue weighted by atomic mass is 14.3. The van der Waals surface area contributed by atoms with Crippen molar-refractivity contribution >= 4 is 0 Å². The van der Waals surface area contributed by atoms with Crippen molar-refractivity contribution in [3.8, 4) is 0 Å². The van der Waals surface area contributed by atoms with Gasteiger partial charge in [-0.1, -0.05) is 61.4 Å². The summed E-state index contributed by atoms with van der Waals surface area (Å²) in [6, 6.07) is 8.81. The van der Waals surface area contributed by atoms with Gasteiger partial charge in [0.15, 0.2) is 0 Å². The molecule has 0 spiro atoms. The predicted molar refractivity (Wildman–Crippen MR) is 72.8 cm³/mol. The quantitative estimate of drug-likeness (QED) is 0.632. The van der Waals surface area contributed by atoms with Crippen LogP contribution >= 0.6 is 0 Å². The van der Waals surface area contributed by atoms with Gasteiger partial charge in [-0.15, -0.1) is 6.58 Å². The summed E-state index contributed by atoms with van der Waals surface area (Å²) in [4.78, 5) is 0. The summed E-state index contributed by atoms with van der Waals surface area (Å²) in [7, 11) is 0. The molecular formula is C16H22. The van der Waals surface area contributed by atoms with Crippen LogP contribution in [0.3, 0.4) is 0 Å². The smallest absolute Gasteiger partial charge is 0.0108 e. The molecule has 86 valence electrons. The minimum Gasteiger partial charge on any atom is -0.103 e. The summed E-state index contributed by atoms with van der Waals surface area (Å²) in [5.41, 5.74) is 4.20. The molecule has 0 fully saturated rings. The van der Waals surface area contributed by atoms with Crippen LogP contribution < -0.4 is 0 Å². The first kappa shape index (κ1) is 12.8. The maximum Gasteiger partial charge on any atom is 0.0108 e. The Morgan fingerprint density at radius 1 is 1.25 bits per heavy atom. The van der Waals surface area contributed by atoms with Gasteiger partial charge < -0.3 is 0 Å². The van der Waals surface area contributed by atoms with E-state index in [9.17, 15) is 0 Å². The van der Waals surface area contributed by atoms with Gasteiger partial charge in [0.2, 0.25) is 0 Å². The monoisotopic (exact) mass is 214 g/mol. The third-order valence-corrected chi connectivity index (χ3v) is 3.29. The lowest BCUT2D eigenvalue weighted by molar-refractivity contribution is 0.608. The average molecular weight is 214 g/mol. The van der Waals surface area contributed by atoms with Crippen molar-refractivity contribution in [2.24, 2.45) is 0 Å². The van der Waals surface area contributed by atoms with E-state index >= 15 is 0 Å². The molecule has 1 aromatic rings. The minimum absolute atomic E-state index is 0.0939. The Labute approximate surface area is 99.7 Å². The molecule has 0 aliphatic rings. The van der Waals surface area contributed by atoms with Gasteiger partial charge in [0.25, 0.3) is 0 Å². The molecule has 0 aliphatic carbocycles. The fourth-order valence-corrected chi connectivity index (χ4v) is 2.04.